The second-order valence-electron chi connectivity index (χ2n) is 8.57. The number of amides is 1. The summed E-state index contributed by atoms with van der Waals surface area (Å²) < 4.78 is 18.1. The predicted octanol–water partition coefficient (Wildman–Crippen LogP) is 5.50. The summed E-state index contributed by atoms with van der Waals surface area (Å²) in [6, 6.07) is 20.6. The molecule has 37 heavy (non-hydrogen) atoms. The molecule has 0 aliphatic rings. The summed E-state index contributed by atoms with van der Waals surface area (Å²) in [6.45, 7) is 7.30. The smallest absolute Gasteiger partial charge is 0.270 e. The van der Waals surface area contributed by atoms with Gasteiger partial charge in [-0.2, -0.15) is 0 Å². The molecule has 0 radical (unpaired) electrons. The van der Waals surface area contributed by atoms with Gasteiger partial charge in [0, 0.05) is 22.7 Å². The number of carbonyl (C=O) groups excluding carboxylic acids is 2. The Labute approximate surface area is 229 Å². The van der Waals surface area contributed by atoms with Crippen molar-refractivity contribution in [1.82, 2.24) is 5.32 Å². The molecule has 0 spiro atoms. The number of rotatable bonds is 12. The van der Waals surface area contributed by atoms with E-state index in [0.29, 0.717) is 27.6 Å². The number of para-hydroxylation sites is 1. The van der Waals surface area contributed by atoms with Crippen molar-refractivity contribution < 1.29 is 23.8 Å². The summed E-state index contributed by atoms with van der Waals surface area (Å²) in [4.78, 5) is 25.5. The average molecular weight is 588 g/mol. The van der Waals surface area contributed by atoms with Crippen LogP contribution in [0.1, 0.15) is 29.8 Å². The Morgan fingerprint density at radius 3 is 2.22 bits per heavy atom. The van der Waals surface area contributed by atoms with Crippen LogP contribution < -0.4 is 20.5 Å². The summed E-state index contributed by atoms with van der Waals surface area (Å²) >= 11 is 9.31. The zero-order chi connectivity index (χ0) is 27.0. The molecule has 0 aromatic heterocycles. The SMILES string of the molecule is C=C(NC(=O)C(C)(C)Oc1ccc(C(=O)c2ccc(Cl)cc2)cc1)OC(CN)COc1ccccc1Br. The van der Waals surface area contributed by atoms with Gasteiger partial charge in [-0.05, 0) is 97.0 Å². The molecule has 0 bridgehead atoms. The van der Waals surface area contributed by atoms with Crippen LogP contribution in [-0.4, -0.2) is 36.5 Å². The van der Waals surface area contributed by atoms with Gasteiger partial charge in [0.15, 0.2) is 17.3 Å². The largest absolute Gasteiger partial charge is 0.488 e. The van der Waals surface area contributed by atoms with Gasteiger partial charge in [-0.25, -0.2) is 0 Å². The van der Waals surface area contributed by atoms with Gasteiger partial charge in [0.2, 0.25) is 0 Å². The van der Waals surface area contributed by atoms with Gasteiger partial charge in [0.05, 0.1) is 4.47 Å². The summed E-state index contributed by atoms with van der Waals surface area (Å²) in [5.41, 5.74) is 5.53. The maximum Gasteiger partial charge on any atom is 0.270 e. The van der Waals surface area contributed by atoms with Crippen molar-refractivity contribution in [3.63, 3.8) is 0 Å². The topological polar surface area (TPSA) is 99.9 Å². The highest BCUT2D eigenvalue weighted by atomic mass is 79.9. The molecule has 1 atom stereocenters. The van der Waals surface area contributed by atoms with E-state index in [2.05, 4.69) is 27.8 Å². The third kappa shape index (κ3) is 8.08. The first-order chi connectivity index (χ1) is 17.6. The minimum absolute atomic E-state index is 0.0248. The molecule has 0 heterocycles. The quantitative estimate of drug-likeness (QED) is 0.214. The van der Waals surface area contributed by atoms with Crippen LogP contribution in [0.5, 0.6) is 11.5 Å². The number of hydrogen-bond acceptors (Lipinski definition) is 6. The Morgan fingerprint density at radius 1 is 1.03 bits per heavy atom. The van der Waals surface area contributed by atoms with E-state index in [1.807, 2.05) is 24.3 Å². The molecule has 3 aromatic carbocycles. The summed E-state index contributed by atoms with van der Waals surface area (Å²) in [7, 11) is 0. The molecule has 1 unspecified atom stereocenters. The average Bonchev–Trinajstić information content (AvgIpc) is 2.87. The highest BCUT2D eigenvalue weighted by Gasteiger charge is 2.31. The number of carbonyl (C=O) groups is 2. The lowest BCUT2D eigenvalue weighted by atomic mass is 10.0. The number of ketones is 1. The lowest BCUT2D eigenvalue weighted by molar-refractivity contribution is -0.134. The van der Waals surface area contributed by atoms with Crippen molar-refractivity contribution in [1.29, 1.82) is 0 Å². The molecule has 9 heteroatoms. The van der Waals surface area contributed by atoms with Crippen molar-refractivity contribution in [3.05, 3.63) is 106 Å². The molecule has 3 rings (SSSR count). The van der Waals surface area contributed by atoms with E-state index in [-0.39, 0.29) is 24.8 Å². The standard InChI is InChI=1S/C28H28BrClN2O5/c1-18(36-23(16-31)17-35-25-7-5-4-6-24(25)29)32-27(34)28(2,3)37-22-14-10-20(11-15-22)26(33)19-8-12-21(30)13-9-19/h4-15,23H,1,16-17,31H2,2-3H3,(H,32,34). The van der Waals surface area contributed by atoms with Gasteiger partial charge in [-0.3, -0.25) is 14.9 Å². The zero-order valence-electron chi connectivity index (χ0n) is 20.5. The van der Waals surface area contributed by atoms with Crippen LogP contribution in [0.3, 0.4) is 0 Å². The Hall–Kier alpha value is -3.33. The van der Waals surface area contributed by atoms with E-state index in [9.17, 15) is 9.59 Å². The number of benzene rings is 3. The molecule has 194 valence electrons. The maximum absolute atomic E-state index is 12.9. The normalized spacial score (nSPS) is 11.8. The first-order valence-electron chi connectivity index (χ1n) is 11.4. The minimum atomic E-state index is -1.27. The lowest BCUT2D eigenvalue weighted by Gasteiger charge is -2.27. The Kier molecular flexibility index (Phi) is 9.74. The Bertz CT molecular complexity index is 1250. The van der Waals surface area contributed by atoms with E-state index in [1.54, 1.807) is 62.4 Å². The van der Waals surface area contributed by atoms with Crippen molar-refractivity contribution in [2.24, 2.45) is 5.73 Å². The third-order valence-electron chi connectivity index (χ3n) is 5.23. The van der Waals surface area contributed by atoms with Crippen LogP contribution in [0, 0.1) is 0 Å². The van der Waals surface area contributed by atoms with Gasteiger partial charge in [0.1, 0.15) is 24.2 Å². The fourth-order valence-electron chi connectivity index (χ4n) is 3.19. The number of ether oxygens (including phenoxy) is 3. The summed E-state index contributed by atoms with van der Waals surface area (Å²) in [5, 5.41) is 3.16. The fourth-order valence-corrected chi connectivity index (χ4v) is 3.71. The van der Waals surface area contributed by atoms with Crippen molar-refractivity contribution in [2.45, 2.75) is 25.6 Å². The van der Waals surface area contributed by atoms with Crippen molar-refractivity contribution >= 4 is 39.2 Å². The van der Waals surface area contributed by atoms with Gasteiger partial charge >= 0.3 is 0 Å². The fraction of sp³-hybridized carbons (Fsp3) is 0.214. The van der Waals surface area contributed by atoms with Crippen LogP contribution in [0.4, 0.5) is 0 Å². The predicted molar refractivity (Wildman–Crippen MR) is 147 cm³/mol. The molecule has 3 N–H and O–H groups in total. The molecule has 0 saturated heterocycles. The maximum atomic E-state index is 12.9. The molecular formula is C28H28BrClN2O5. The van der Waals surface area contributed by atoms with Crippen LogP contribution in [0.2, 0.25) is 5.02 Å². The van der Waals surface area contributed by atoms with Crippen molar-refractivity contribution in [3.8, 4) is 11.5 Å². The van der Waals surface area contributed by atoms with Gasteiger partial charge in [-0.15, -0.1) is 0 Å². The van der Waals surface area contributed by atoms with Crippen LogP contribution in [0.15, 0.2) is 89.7 Å². The van der Waals surface area contributed by atoms with Crippen LogP contribution in [-0.2, 0) is 9.53 Å². The van der Waals surface area contributed by atoms with E-state index < -0.39 is 17.6 Å². The minimum Gasteiger partial charge on any atom is -0.488 e. The van der Waals surface area contributed by atoms with E-state index in [4.69, 9.17) is 31.5 Å². The lowest BCUT2D eigenvalue weighted by Crippen LogP contribution is -2.47. The Balaban J connectivity index is 1.53. The van der Waals surface area contributed by atoms with Crippen molar-refractivity contribution in [2.75, 3.05) is 13.2 Å². The highest BCUT2D eigenvalue weighted by molar-refractivity contribution is 9.10. The summed E-state index contributed by atoms with van der Waals surface area (Å²) in [5.74, 6) is 0.473. The van der Waals surface area contributed by atoms with Gasteiger partial charge < -0.3 is 19.9 Å². The Morgan fingerprint density at radius 2 is 1.62 bits per heavy atom. The molecule has 1 amide bonds. The molecule has 0 fully saturated rings. The van der Waals surface area contributed by atoms with Crippen LogP contribution >= 0.6 is 27.5 Å². The van der Waals surface area contributed by atoms with Gasteiger partial charge in [-0.1, -0.05) is 23.7 Å². The molecular weight excluding hydrogens is 560 g/mol. The van der Waals surface area contributed by atoms with E-state index in [0.717, 1.165) is 4.47 Å². The van der Waals surface area contributed by atoms with Crippen LogP contribution in [0.25, 0.3) is 0 Å². The van der Waals surface area contributed by atoms with E-state index >= 15 is 0 Å². The number of nitrogens with one attached hydrogen (secondary N) is 1. The third-order valence-corrected chi connectivity index (χ3v) is 6.14. The first kappa shape index (κ1) is 28.2. The van der Waals surface area contributed by atoms with E-state index in [1.165, 1.54) is 0 Å². The monoisotopic (exact) mass is 586 g/mol. The molecule has 3 aromatic rings. The molecule has 0 aliphatic heterocycles. The molecule has 7 nitrogen and oxygen atoms in total. The van der Waals surface area contributed by atoms with Gasteiger partial charge in [0.25, 0.3) is 5.91 Å². The molecule has 0 saturated carbocycles. The first-order valence-corrected chi connectivity index (χ1v) is 12.6. The number of hydrogen-bond donors (Lipinski definition) is 2. The zero-order valence-corrected chi connectivity index (χ0v) is 22.8. The second-order valence-corrected chi connectivity index (χ2v) is 9.86. The molecule has 0 aliphatic carbocycles. The summed E-state index contributed by atoms with van der Waals surface area (Å²) in [6.07, 6.45) is -0.533. The number of halogens is 2. The number of nitrogens with two attached hydrogens (primary N) is 1. The second kappa shape index (κ2) is 12.8. The highest BCUT2D eigenvalue weighted by Crippen LogP contribution is 2.24.